The molecule has 9 nitrogen and oxygen atoms in total. The van der Waals surface area contributed by atoms with Gasteiger partial charge in [-0.1, -0.05) is 0 Å². The van der Waals surface area contributed by atoms with Crippen molar-refractivity contribution < 1.29 is 32.8 Å². The van der Waals surface area contributed by atoms with Gasteiger partial charge in [0.15, 0.2) is 6.61 Å². The number of nitrogens with zero attached hydrogens (tertiary/aromatic N) is 1. The summed E-state index contributed by atoms with van der Waals surface area (Å²) in [5, 5.41) is 16.1. The molecule has 0 spiro atoms. The van der Waals surface area contributed by atoms with Gasteiger partial charge in [0.2, 0.25) is 0 Å². The number of methoxy groups -OCH3 is 1. The molecular formula is C18H17F2N3O6. The first-order valence-corrected chi connectivity index (χ1v) is 8.25. The molecule has 0 heterocycles. The molecule has 0 radical (unpaired) electrons. The summed E-state index contributed by atoms with van der Waals surface area (Å²) in [5.74, 6) is -3.65. The fourth-order valence-corrected chi connectivity index (χ4v) is 2.24. The number of carbonyl (C=O) groups is 2. The van der Waals surface area contributed by atoms with Crippen LogP contribution in [0.4, 0.5) is 25.8 Å². The van der Waals surface area contributed by atoms with Crippen molar-refractivity contribution in [3.8, 4) is 0 Å². The summed E-state index contributed by atoms with van der Waals surface area (Å²) in [6, 6.07) is 6.19. The minimum Gasteiger partial charge on any atom is -0.452 e. The molecule has 0 aliphatic heterocycles. The first kappa shape index (κ1) is 21.7. The summed E-state index contributed by atoms with van der Waals surface area (Å²) < 4.78 is 36.0. The van der Waals surface area contributed by atoms with Crippen molar-refractivity contribution >= 4 is 28.9 Å². The number of halogens is 2. The average Bonchev–Trinajstić information content (AvgIpc) is 2.68. The van der Waals surface area contributed by atoms with Gasteiger partial charge in [-0.2, -0.15) is 0 Å². The van der Waals surface area contributed by atoms with E-state index in [9.17, 15) is 28.5 Å². The zero-order valence-electron chi connectivity index (χ0n) is 15.2. The molecule has 2 rings (SSSR count). The van der Waals surface area contributed by atoms with Crippen molar-refractivity contribution in [1.29, 1.82) is 0 Å². The summed E-state index contributed by atoms with van der Waals surface area (Å²) in [6.45, 7) is -0.122. The lowest BCUT2D eigenvalue weighted by atomic mass is 10.1. The molecule has 2 aromatic rings. The normalized spacial score (nSPS) is 10.3. The molecule has 0 saturated carbocycles. The van der Waals surface area contributed by atoms with E-state index in [1.807, 2.05) is 0 Å². The number of esters is 1. The number of carbonyl (C=O) groups excluding carboxylic acids is 2. The summed E-state index contributed by atoms with van der Waals surface area (Å²) in [6.07, 6.45) is 0. The fourth-order valence-electron chi connectivity index (χ4n) is 2.24. The van der Waals surface area contributed by atoms with Crippen LogP contribution in [0.15, 0.2) is 36.4 Å². The lowest BCUT2D eigenvalue weighted by molar-refractivity contribution is -0.384. The molecule has 1 amide bonds. The van der Waals surface area contributed by atoms with Crippen molar-refractivity contribution in [1.82, 2.24) is 0 Å². The lowest BCUT2D eigenvalue weighted by Crippen LogP contribution is -2.21. The molecule has 0 aromatic heterocycles. The van der Waals surface area contributed by atoms with E-state index in [1.54, 1.807) is 0 Å². The largest absolute Gasteiger partial charge is 0.452 e. The Morgan fingerprint density at radius 2 is 1.86 bits per heavy atom. The Labute approximate surface area is 163 Å². The molecule has 0 unspecified atom stereocenters. The van der Waals surface area contributed by atoms with Crippen LogP contribution in [0, 0.1) is 21.7 Å². The monoisotopic (exact) mass is 409 g/mol. The number of nitro benzene ring substituents is 1. The zero-order valence-corrected chi connectivity index (χ0v) is 15.2. The highest BCUT2D eigenvalue weighted by atomic mass is 19.1. The van der Waals surface area contributed by atoms with E-state index in [-0.39, 0.29) is 22.6 Å². The minimum atomic E-state index is -0.989. The Morgan fingerprint density at radius 1 is 1.14 bits per heavy atom. The van der Waals surface area contributed by atoms with Crippen molar-refractivity contribution in [3.05, 3.63) is 63.7 Å². The maximum absolute atomic E-state index is 13.5. The van der Waals surface area contributed by atoms with Gasteiger partial charge in [0.05, 0.1) is 22.8 Å². The van der Waals surface area contributed by atoms with E-state index in [0.29, 0.717) is 19.2 Å². The highest BCUT2D eigenvalue weighted by Gasteiger charge is 2.19. The first-order chi connectivity index (χ1) is 13.8. The summed E-state index contributed by atoms with van der Waals surface area (Å²) >= 11 is 0. The second kappa shape index (κ2) is 10.1. The number of amides is 1. The van der Waals surface area contributed by atoms with Crippen molar-refractivity contribution in [2.45, 2.75) is 0 Å². The average molecular weight is 409 g/mol. The van der Waals surface area contributed by atoms with Gasteiger partial charge >= 0.3 is 5.97 Å². The van der Waals surface area contributed by atoms with Crippen LogP contribution in [0.3, 0.4) is 0 Å². The van der Waals surface area contributed by atoms with Crippen LogP contribution in [0.25, 0.3) is 0 Å². The van der Waals surface area contributed by atoms with E-state index in [1.165, 1.54) is 19.2 Å². The van der Waals surface area contributed by atoms with Crippen LogP contribution < -0.4 is 10.6 Å². The molecule has 29 heavy (non-hydrogen) atoms. The summed E-state index contributed by atoms with van der Waals surface area (Å²) in [5.41, 5.74) is -0.592. The highest BCUT2D eigenvalue weighted by Crippen LogP contribution is 2.25. The molecule has 2 aromatic carbocycles. The molecule has 0 bridgehead atoms. The SMILES string of the molecule is COCCNc1ccc(C(=O)OCC(=O)Nc2ccc(F)cc2F)cc1[N+](=O)[O-]. The Kier molecular flexibility index (Phi) is 7.54. The number of benzene rings is 2. The van der Waals surface area contributed by atoms with Crippen molar-refractivity contribution in [2.24, 2.45) is 0 Å². The molecule has 0 saturated heterocycles. The van der Waals surface area contributed by atoms with Crippen LogP contribution in [0.2, 0.25) is 0 Å². The van der Waals surface area contributed by atoms with Gasteiger partial charge in [-0.3, -0.25) is 14.9 Å². The molecule has 0 fully saturated rings. The van der Waals surface area contributed by atoms with E-state index >= 15 is 0 Å². The minimum absolute atomic E-state index is 0.144. The van der Waals surface area contributed by atoms with Crippen molar-refractivity contribution in [3.63, 3.8) is 0 Å². The standard InChI is InChI=1S/C18H17F2N3O6/c1-28-7-6-21-15-4-2-11(8-16(15)23(26)27)18(25)29-10-17(24)22-14-5-3-12(19)9-13(14)20/h2-5,8-9,21H,6-7,10H2,1H3,(H,22,24). The van der Waals surface area contributed by atoms with Crippen LogP contribution >= 0.6 is 0 Å². The number of hydrogen-bond donors (Lipinski definition) is 2. The number of nitro groups is 1. The van der Waals surface area contributed by atoms with Gasteiger partial charge in [0.25, 0.3) is 11.6 Å². The van der Waals surface area contributed by atoms with E-state index in [0.717, 1.165) is 18.2 Å². The molecule has 11 heteroatoms. The van der Waals surface area contributed by atoms with Crippen molar-refractivity contribution in [2.75, 3.05) is 37.5 Å². The third kappa shape index (κ3) is 6.21. The maximum atomic E-state index is 13.5. The number of ether oxygens (including phenoxy) is 2. The van der Waals surface area contributed by atoms with Gasteiger partial charge in [0.1, 0.15) is 17.3 Å². The van der Waals surface area contributed by atoms with Crippen LogP contribution in [0.5, 0.6) is 0 Å². The molecule has 0 atom stereocenters. The number of hydrogen-bond acceptors (Lipinski definition) is 7. The third-order valence-corrected chi connectivity index (χ3v) is 3.59. The first-order valence-electron chi connectivity index (χ1n) is 8.25. The fraction of sp³-hybridized carbons (Fsp3) is 0.222. The third-order valence-electron chi connectivity index (χ3n) is 3.59. The van der Waals surface area contributed by atoms with Gasteiger partial charge in [-0.15, -0.1) is 0 Å². The Hall–Kier alpha value is -3.60. The Morgan fingerprint density at radius 3 is 2.52 bits per heavy atom. The second-order valence-electron chi connectivity index (χ2n) is 5.66. The summed E-state index contributed by atoms with van der Waals surface area (Å²) in [4.78, 5) is 34.4. The van der Waals surface area contributed by atoms with Gasteiger partial charge < -0.3 is 20.1 Å². The topological polar surface area (TPSA) is 120 Å². The second-order valence-corrected chi connectivity index (χ2v) is 5.66. The Balaban J connectivity index is 1.99. The summed E-state index contributed by atoms with van der Waals surface area (Å²) in [7, 11) is 1.48. The van der Waals surface area contributed by atoms with Crippen LogP contribution in [0.1, 0.15) is 10.4 Å². The van der Waals surface area contributed by atoms with Crippen LogP contribution in [-0.2, 0) is 14.3 Å². The lowest BCUT2D eigenvalue weighted by Gasteiger charge is -2.09. The predicted octanol–water partition coefficient (Wildman–Crippen LogP) is 2.73. The van der Waals surface area contributed by atoms with Gasteiger partial charge in [-0.05, 0) is 24.3 Å². The van der Waals surface area contributed by atoms with Gasteiger partial charge in [-0.25, -0.2) is 13.6 Å². The zero-order chi connectivity index (χ0) is 21.4. The number of anilines is 2. The maximum Gasteiger partial charge on any atom is 0.338 e. The molecule has 0 aliphatic carbocycles. The highest BCUT2D eigenvalue weighted by molar-refractivity contribution is 5.96. The molecule has 0 aliphatic rings. The van der Waals surface area contributed by atoms with E-state index in [2.05, 4.69) is 10.6 Å². The van der Waals surface area contributed by atoms with E-state index in [4.69, 9.17) is 9.47 Å². The smallest absolute Gasteiger partial charge is 0.338 e. The number of nitrogens with one attached hydrogen (secondary N) is 2. The Bertz CT molecular complexity index is 922. The quantitative estimate of drug-likeness (QED) is 0.283. The van der Waals surface area contributed by atoms with E-state index < -0.39 is 35.0 Å². The molecular weight excluding hydrogens is 392 g/mol. The van der Waals surface area contributed by atoms with Gasteiger partial charge in [0, 0.05) is 25.8 Å². The predicted molar refractivity (Wildman–Crippen MR) is 98.7 cm³/mol. The number of rotatable bonds is 9. The molecule has 154 valence electrons. The molecule has 2 N–H and O–H groups in total. The van der Waals surface area contributed by atoms with Crippen LogP contribution in [-0.4, -0.2) is 43.7 Å².